The maximum Gasteiger partial charge on any atom is 0.251 e. The van der Waals surface area contributed by atoms with Crippen LogP contribution in [0.2, 0.25) is 10.0 Å². The van der Waals surface area contributed by atoms with Gasteiger partial charge in [0.25, 0.3) is 5.91 Å². The Morgan fingerprint density at radius 3 is 2.57 bits per heavy atom. The van der Waals surface area contributed by atoms with Crippen molar-refractivity contribution >= 4 is 41.5 Å². The average Bonchev–Trinajstić information content (AvgIpc) is 2.45. The standard InChI is InChI=1S/C14H12Cl2N2O2.ClH/c1-20-13-10(6-11(15)7-12(13)16)8-18-14(19)9-2-4-17-5-3-9;/h2-7H,8H2,1H3,(H,18,19);1H. The van der Waals surface area contributed by atoms with Crippen LogP contribution in [0.5, 0.6) is 5.75 Å². The summed E-state index contributed by atoms with van der Waals surface area (Å²) in [6.45, 7) is 0.268. The third kappa shape index (κ3) is 4.49. The van der Waals surface area contributed by atoms with Crippen LogP contribution in [0.15, 0.2) is 36.7 Å². The minimum atomic E-state index is -0.203. The van der Waals surface area contributed by atoms with Crippen molar-refractivity contribution in [2.75, 3.05) is 7.11 Å². The summed E-state index contributed by atoms with van der Waals surface area (Å²) >= 11 is 12.0. The maximum absolute atomic E-state index is 11.9. The first-order valence-corrected chi connectivity index (χ1v) is 6.57. The van der Waals surface area contributed by atoms with Crippen molar-refractivity contribution in [2.45, 2.75) is 6.54 Å². The van der Waals surface area contributed by atoms with Gasteiger partial charge in [0.05, 0.1) is 12.1 Å². The first kappa shape index (κ1) is 17.6. The van der Waals surface area contributed by atoms with Crippen LogP contribution in [-0.2, 0) is 6.54 Å². The summed E-state index contributed by atoms with van der Waals surface area (Å²) < 4.78 is 5.22. The molecular weight excluding hydrogens is 335 g/mol. The van der Waals surface area contributed by atoms with E-state index in [-0.39, 0.29) is 24.9 Å². The number of carbonyl (C=O) groups excluding carboxylic acids is 1. The van der Waals surface area contributed by atoms with E-state index in [1.54, 1.807) is 36.7 Å². The third-order valence-electron chi connectivity index (χ3n) is 2.67. The van der Waals surface area contributed by atoms with Gasteiger partial charge in [0.2, 0.25) is 0 Å². The van der Waals surface area contributed by atoms with Crippen LogP contribution in [0.3, 0.4) is 0 Å². The molecule has 7 heteroatoms. The smallest absolute Gasteiger partial charge is 0.251 e. The fraction of sp³-hybridized carbons (Fsp3) is 0.143. The van der Waals surface area contributed by atoms with Crippen LogP contribution in [0.25, 0.3) is 0 Å². The van der Waals surface area contributed by atoms with Crippen molar-refractivity contribution in [2.24, 2.45) is 0 Å². The summed E-state index contributed by atoms with van der Waals surface area (Å²) in [7, 11) is 1.52. The largest absolute Gasteiger partial charge is 0.495 e. The number of pyridine rings is 1. The van der Waals surface area contributed by atoms with Gasteiger partial charge in [-0.3, -0.25) is 9.78 Å². The Hall–Kier alpha value is -1.49. The summed E-state index contributed by atoms with van der Waals surface area (Å²) in [5.74, 6) is 0.302. The van der Waals surface area contributed by atoms with Crippen molar-refractivity contribution in [3.8, 4) is 5.75 Å². The zero-order valence-electron chi connectivity index (χ0n) is 11.1. The highest BCUT2D eigenvalue weighted by Crippen LogP contribution is 2.32. The van der Waals surface area contributed by atoms with Crippen LogP contribution >= 0.6 is 35.6 Å². The van der Waals surface area contributed by atoms with Crippen molar-refractivity contribution in [3.05, 3.63) is 57.8 Å². The third-order valence-corrected chi connectivity index (χ3v) is 3.17. The molecule has 1 amide bonds. The zero-order valence-corrected chi connectivity index (χ0v) is 13.4. The molecule has 0 atom stereocenters. The molecule has 0 aliphatic carbocycles. The highest BCUT2D eigenvalue weighted by molar-refractivity contribution is 6.35. The van der Waals surface area contributed by atoms with Crippen LogP contribution in [0.4, 0.5) is 0 Å². The first-order chi connectivity index (χ1) is 9.61. The van der Waals surface area contributed by atoms with Crippen LogP contribution < -0.4 is 10.1 Å². The Balaban J connectivity index is 0.00000220. The lowest BCUT2D eigenvalue weighted by molar-refractivity contribution is 0.0950. The second kappa shape index (κ2) is 8.08. The van der Waals surface area contributed by atoms with Gasteiger partial charge in [-0.1, -0.05) is 23.2 Å². The number of carbonyl (C=O) groups is 1. The topological polar surface area (TPSA) is 51.2 Å². The van der Waals surface area contributed by atoms with Gasteiger partial charge in [0.1, 0.15) is 5.75 Å². The molecule has 21 heavy (non-hydrogen) atoms. The Morgan fingerprint density at radius 1 is 1.29 bits per heavy atom. The van der Waals surface area contributed by atoms with E-state index in [2.05, 4.69) is 10.3 Å². The van der Waals surface area contributed by atoms with Crippen LogP contribution in [0, 0.1) is 0 Å². The Morgan fingerprint density at radius 2 is 1.95 bits per heavy atom. The molecule has 1 N–H and O–H groups in total. The normalized spacial score (nSPS) is 9.67. The number of aromatic nitrogens is 1. The molecule has 0 bridgehead atoms. The van der Waals surface area contributed by atoms with Crippen molar-refractivity contribution in [3.63, 3.8) is 0 Å². The number of nitrogens with zero attached hydrogens (tertiary/aromatic N) is 1. The van der Waals surface area contributed by atoms with E-state index >= 15 is 0 Å². The summed E-state index contributed by atoms with van der Waals surface area (Å²) in [4.78, 5) is 15.8. The summed E-state index contributed by atoms with van der Waals surface area (Å²) in [6, 6.07) is 6.57. The number of ether oxygens (including phenoxy) is 1. The Bertz CT molecular complexity index is 621. The first-order valence-electron chi connectivity index (χ1n) is 5.82. The molecule has 0 unspecified atom stereocenters. The van der Waals surface area contributed by atoms with Gasteiger partial charge < -0.3 is 10.1 Å². The molecule has 1 heterocycles. The molecular formula is C14H13Cl3N2O2. The number of methoxy groups -OCH3 is 1. The lowest BCUT2D eigenvalue weighted by Crippen LogP contribution is -2.23. The van der Waals surface area contributed by atoms with E-state index in [1.807, 2.05) is 0 Å². The molecule has 112 valence electrons. The highest BCUT2D eigenvalue weighted by atomic mass is 35.5. The van der Waals surface area contributed by atoms with E-state index in [0.29, 0.717) is 26.9 Å². The number of nitrogens with one attached hydrogen (secondary N) is 1. The van der Waals surface area contributed by atoms with Gasteiger partial charge in [-0.05, 0) is 24.3 Å². The number of amides is 1. The predicted molar refractivity (Wildman–Crippen MR) is 85.7 cm³/mol. The van der Waals surface area contributed by atoms with E-state index in [4.69, 9.17) is 27.9 Å². The number of benzene rings is 1. The van der Waals surface area contributed by atoms with Crippen LogP contribution in [-0.4, -0.2) is 18.0 Å². The second-order valence-corrected chi connectivity index (χ2v) is 4.84. The second-order valence-electron chi connectivity index (χ2n) is 4.00. The lowest BCUT2D eigenvalue weighted by atomic mass is 10.2. The number of hydrogen-bond donors (Lipinski definition) is 1. The molecule has 2 rings (SSSR count). The molecule has 0 aliphatic rings. The number of hydrogen-bond acceptors (Lipinski definition) is 3. The minimum absolute atomic E-state index is 0. The van der Waals surface area contributed by atoms with Gasteiger partial charge in [-0.2, -0.15) is 0 Å². The molecule has 0 saturated carbocycles. The lowest BCUT2D eigenvalue weighted by Gasteiger charge is -2.12. The van der Waals surface area contributed by atoms with Crippen molar-refractivity contribution < 1.29 is 9.53 Å². The molecule has 4 nitrogen and oxygen atoms in total. The van der Waals surface area contributed by atoms with Gasteiger partial charge in [0, 0.05) is 35.1 Å². The maximum atomic E-state index is 11.9. The van der Waals surface area contributed by atoms with E-state index in [9.17, 15) is 4.79 Å². The van der Waals surface area contributed by atoms with Gasteiger partial charge >= 0.3 is 0 Å². The fourth-order valence-electron chi connectivity index (χ4n) is 1.75. The van der Waals surface area contributed by atoms with E-state index < -0.39 is 0 Å². The van der Waals surface area contributed by atoms with Gasteiger partial charge in [-0.15, -0.1) is 12.4 Å². The molecule has 0 saturated heterocycles. The molecule has 0 aliphatic heterocycles. The molecule has 1 aromatic heterocycles. The minimum Gasteiger partial charge on any atom is -0.495 e. The van der Waals surface area contributed by atoms with Crippen molar-refractivity contribution in [1.82, 2.24) is 10.3 Å². The van der Waals surface area contributed by atoms with Crippen LogP contribution in [0.1, 0.15) is 15.9 Å². The van der Waals surface area contributed by atoms with Gasteiger partial charge in [0.15, 0.2) is 0 Å². The summed E-state index contributed by atoms with van der Waals surface area (Å²) in [5.41, 5.74) is 1.25. The fourth-order valence-corrected chi connectivity index (χ4v) is 2.37. The van der Waals surface area contributed by atoms with Crippen molar-refractivity contribution in [1.29, 1.82) is 0 Å². The quantitative estimate of drug-likeness (QED) is 0.916. The molecule has 0 fully saturated rings. The van der Waals surface area contributed by atoms with E-state index in [0.717, 1.165) is 0 Å². The van der Waals surface area contributed by atoms with Gasteiger partial charge in [-0.25, -0.2) is 0 Å². The number of halogens is 3. The highest BCUT2D eigenvalue weighted by Gasteiger charge is 2.11. The monoisotopic (exact) mass is 346 g/mol. The molecule has 1 aromatic carbocycles. The number of rotatable bonds is 4. The predicted octanol–water partition coefficient (Wildman–Crippen LogP) is 3.75. The average molecular weight is 348 g/mol. The SMILES string of the molecule is COc1c(Cl)cc(Cl)cc1CNC(=O)c1ccncc1.Cl. The molecule has 2 aromatic rings. The molecule has 0 spiro atoms. The zero-order chi connectivity index (χ0) is 14.5. The summed E-state index contributed by atoms with van der Waals surface area (Å²) in [5, 5.41) is 3.68. The molecule has 0 radical (unpaired) electrons. The Kier molecular flexibility index (Phi) is 6.75. The summed E-state index contributed by atoms with van der Waals surface area (Å²) in [6.07, 6.45) is 3.12. The van der Waals surface area contributed by atoms with E-state index in [1.165, 1.54) is 7.11 Å². The Labute approximate surface area is 138 Å².